The zero-order valence-corrected chi connectivity index (χ0v) is 14.8. The van der Waals surface area contributed by atoms with Crippen LogP contribution in [0.3, 0.4) is 0 Å². The van der Waals surface area contributed by atoms with E-state index in [0.717, 1.165) is 49.8 Å². The van der Waals surface area contributed by atoms with Crippen molar-refractivity contribution in [3.8, 4) is 11.3 Å². The van der Waals surface area contributed by atoms with E-state index in [2.05, 4.69) is 20.9 Å². The molecular formula is C21H23N3O2. The molecule has 0 radical (unpaired) electrons. The number of oxazole rings is 1. The van der Waals surface area contributed by atoms with Crippen molar-refractivity contribution < 1.29 is 9.15 Å². The molecule has 0 saturated carbocycles. The molecule has 0 aliphatic carbocycles. The summed E-state index contributed by atoms with van der Waals surface area (Å²) in [4.78, 5) is 11.0. The minimum absolute atomic E-state index is 0.287. The lowest BCUT2D eigenvalue weighted by Gasteiger charge is -2.23. The van der Waals surface area contributed by atoms with Gasteiger partial charge >= 0.3 is 0 Å². The van der Waals surface area contributed by atoms with Gasteiger partial charge < -0.3 is 9.15 Å². The third kappa shape index (κ3) is 4.36. The second-order valence-electron chi connectivity index (χ2n) is 6.65. The maximum absolute atomic E-state index is 5.99. The monoisotopic (exact) mass is 349 g/mol. The Morgan fingerprint density at radius 1 is 1.04 bits per heavy atom. The van der Waals surface area contributed by atoms with Gasteiger partial charge in [0.25, 0.3) is 0 Å². The van der Waals surface area contributed by atoms with Crippen molar-refractivity contribution >= 4 is 0 Å². The van der Waals surface area contributed by atoms with Gasteiger partial charge in [0.05, 0.1) is 18.8 Å². The van der Waals surface area contributed by atoms with Crippen LogP contribution in [0.25, 0.3) is 11.3 Å². The highest BCUT2D eigenvalue weighted by Gasteiger charge is 2.21. The lowest BCUT2D eigenvalue weighted by molar-refractivity contribution is 0.0649. The zero-order valence-electron chi connectivity index (χ0n) is 14.8. The molecule has 0 N–H and O–H groups in total. The van der Waals surface area contributed by atoms with E-state index < -0.39 is 0 Å². The molecule has 1 aliphatic rings. The Morgan fingerprint density at radius 3 is 2.73 bits per heavy atom. The van der Waals surface area contributed by atoms with E-state index in [-0.39, 0.29) is 6.10 Å². The highest BCUT2D eigenvalue weighted by atomic mass is 16.5. The Kier molecular flexibility index (Phi) is 5.38. The van der Waals surface area contributed by atoms with Crippen LogP contribution >= 0.6 is 0 Å². The normalized spacial score (nSPS) is 17.0. The first-order valence-electron chi connectivity index (χ1n) is 9.10. The van der Waals surface area contributed by atoms with Gasteiger partial charge in [0.1, 0.15) is 0 Å². The molecule has 0 amide bonds. The number of ether oxygens (including phenoxy) is 1. The van der Waals surface area contributed by atoms with Crippen molar-refractivity contribution in [3.05, 3.63) is 72.5 Å². The van der Waals surface area contributed by atoms with Crippen LogP contribution in [0.5, 0.6) is 0 Å². The van der Waals surface area contributed by atoms with Crippen molar-refractivity contribution in [1.82, 2.24) is 14.9 Å². The Balaban J connectivity index is 1.47. The van der Waals surface area contributed by atoms with Gasteiger partial charge in [-0.2, -0.15) is 0 Å². The van der Waals surface area contributed by atoms with Crippen molar-refractivity contribution in [2.24, 2.45) is 0 Å². The zero-order chi connectivity index (χ0) is 17.6. The number of rotatable bonds is 7. The molecule has 3 heterocycles. The third-order valence-corrected chi connectivity index (χ3v) is 4.59. The van der Waals surface area contributed by atoms with Gasteiger partial charge in [-0.3, -0.25) is 9.88 Å². The average Bonchev–Trinajstić information content (AvgIpc) is 3.35. The number of pyridine rings is 1. The number of hydrogen-bond donors (Lipinski definition) is 0. The molecule has 5 heteroatoms. The molecule has 0 bridgehead atoms. The van der Waals surface area contributed by atoms with Crippen LogP contribution in [-0.4, -0.2) is 34.1 Å². The number of aromatic nitrogens is 2. The number of hydrogen-bond acceptors (Lipinski definition) is 5. The van der Waals surface area contributed by atoms with Crippen molar-refractivity contribution in [1.29, 1.82) is 0 Å². The first-order valence-corrected chi connectivity index (χ1v) is 9.10. The summed E-state index contributed by atoms with van der Waals surface area (Å²) in [5.41, 5.74) is 2.23. The van der Waals surface area contributed by atoms with Gasteiger partial charge in [-0.05, 0) is 24.5 Å². The minimum Gasteiger partial charge on any atom is -0.439 e. The first kappa shape index (κ1) is 16.9. The van der Waals surface area contributed by atoms with Gasteiger partial charge in [0, 0.05) is 37.7 Å². The van der Waals surface area contributed by atoms with Gasteiger partial charge in [-0.25, -0.2) is 4.98 Å². The van der Waals surface area contributed by atoms with Crippen molar-refractivity contribution in [2.45, 2.75) is 32.0 Å². The SMILES string of the molecule is c1ccc(-c2cnc(CN(Cc3cccnc3)C[C@@H]3CCCO3)o2)cc1. The maximum Gasteiger partial charge on any atom is 0.209 e. The summed E-state index contributed by atoms with van der Waals surface area (Å²) < 4.78 is 11.8. The summed E-state index contributed by atoms with van der Waals surface area (Å²) in [6.45, 7) is 3.19. The minimum atomic E-state index is 0.287. The predicted molar refractivity (Wildman–Crippen MR) is 99.3 cm³/mol. The van der Waals surface area contributed by atoms with Crippen molar-refractivity contribution in [3.63, 3.8) is 0 Å². The molecule has 2 aromatic heterocycles. The van der Waals surface area contributed by atoms with E-state index in [1.807, 2.05) is 42.6 Å². The fourth-order valence-corrected chi connectivity index (χ4v) is 3.32. The van der Waals surface area contributed by atoms with Gasteiger partial charge in [-0.1, -0.05) is 36.4 Å². The lowest BCUT2D eigenvalue weighted by atomic mass is 10.2. The van der Waals surface area contributed by atoms with Crippen molar-refractivity contribution in [2.75, 3.05) is 13.2 Å². The number of nitrogens with zero attached hydrogens (tertiary/aromatic N) is 3. The van der Waals surface area contributed by atoms with Gasteiger partial charge in [0.15, 0.2) is 5.76 Å². The number of benzene rings is 1. The highest BCUT2D eigenvalue weighted by Crippen LogP contribution is 2.22. The maximum atomic E-state index is 5.99. The molecule has 0 spiro atoms. The molecule has 1 aliphatic heterocycles. The second kappa shape index (κ2) is 8.25. The van der Waals surface area contributed by atoms with Crippen LogP contribution in [0.4, 0.5) is 0 Å². The molecule has 1 saturated heterocycles. The summed E-state index contributed by atoms with van der Waals surface area (Å²) in [6.07, 6.45) is 8.06. The summed E-state index contributed by atoms with van der Waals surface area (Å²) in [5, 5.41) is 0. The molecule has 1 atom stereocenters. The van der Waals surface area contributed by atoms with E-state index in [1.165, 1.54) is 5.56 Å². The third-order valence-electron chi connectivity index (χ3n) is 4.59. The van der Waals surface area contributed by atoms with Crippen LogP contribution in [0.2, 0.25) is 0 Å². The lowest BCUT2D eigenvalue weighted by Crippen LogP contribution is -2.31. The molecule has 1 fully saturated rings. The van der Waals surface area contributed by atoms with Crippen LogP contribution in [0.15, 0.2) is 65.5 Å². The fourth-order valence-electron chi connectivity index (χ4n) is 3.32. The van der Waals surface area contributed by atoms with E-state index >= 15 is 0 Å². The Labute approximate surface area is 153 Å². The molecule has 26 heavy (non-hydrogen) atoms. The van der Waals surface area contributed by atoms with Crippen LogP contribution in [0, 0.1) is 0 Å². The smallest absolute Gasteiger partial charge is 0.209 e. The Bertz CT molecular complexity index is 798. The summed E-state index contributed by atoms with van der Waals surface area (Å²) in [5.74, 6) is 1.53. The van der Waals surface area contributed by atoms with E-state index in [1.54, 1.807) is 12.4 Å². The predicted octanol–water partition coefficient (Wildman–Crippen LogP) is 3.92. The van der Waals surface area contributed by atoms with Crippen LogP contribution in [0.1, 0.15) is 24.3 Å². The van der Waals surface area contributed by atoms with E-state index in [9.17, 15) is 0 Å². The molecule has 1 aromatic carbocycles. The van der Waals surface area contributed by atoms with E-state index in [4.69, 9.17) is 9.15 Å². The molecular weight excluding hydrogens is 326 g/mol. The standard InChI is InChI=1S/C21H23N3O2/c1-2-7-18(8-3-1)20-13-23-21(26-20)16-24(15-19-9-5-11-25-19)14-17-6-4-10-22-12-17/h1-4,6-8,10,12-13,19H,5,9,11,14-16H2/t19-/m0/s1. The molecule has 134 valence electrons. The Morgan fingerprint density at radius 2 is 1.96 bits per heavy atom. The Hall–Kier alpha value is -2.50. The summed E-state index contributed by atoms with van der Waals surface area (Å²) in [6, 6.07) is 14.1. The quantitative estimate of drug-likeness (QED) is 0.647. The van der Waals surface area contributed by atoms with Gasteiger partial charge in [0.2, 0.25) is 5.89 Å². The molecule has 4 rings (SSSR count). The van der Waals surface area contributed by atoms with E-state index in [0.29, 0.717) is 6.54 Å². The molecule has 0 unspecified atom stereocenters. The summed E-state index contributed by atoms with van der Waals surface area (Å²) in [7, 11) is 0. The molecule has 5 nitrogen and oxygen atoms in total. The average molecular weight is 349 g/mol. The summed E-state index contributed by atoms with van der Waals surface area (Å²) >= 11 is 0. The fraction of sp³-hybridized carbons (Fsp3) is 0.333. The molecule has 3 aromatic rings. The van der Waals surface area contributed by atoms with Crippen LogP contribution in [-0.2, 0) is 17.8 Å². The first-order chi connectivity index (χ1) is 12.9. The highest BCUT2D eigenvalue weighted by molar-refractivity contribution is 5.55. The largest absolute Gasteiger partial charge is 0.439 e. The second-order valence-corrected chi connectivity index (χ2v) is 6.65. The topological polar surface area (TPSA) is 51.4 Å². The van der Waals surface area contributed by atoms with Crippen LogP contribution < -0.4 is 0 Å². The van der Waals surface area contributed by atoms with Gasteiger partial charge in [-0.15, -0.1) is 0 Å².